The molecular formula is C17H26N6O2. The molecule has 0 aliphatic carbocycles. The third-order valence-corrected chi connectivity index (χ3v) is 4.86. The van der Waals surface area contributed by atoms with Crippen molar-refractivity contribution in [3.05, 3.63) is 44.8 Å². The summed E-state index contributed by atoms with van der Waals surface area (Å²) in [4.78, 5) is 26.4. The van der Waals surface area contributed by atoms with Crippen molar-refractivity contribution in [1.29, 1.82) is 0 Å². The lowest BCUT2D eigenvalue weighted by Crippen LogP contribution is -2.39. The van der Waals surface area contributed by atoms with E-state index in [4.69, 9.17) is 0 Å². The van der Waals surface area contributed by atoms with Gasteiger partial charge in [-0.3, -0.25) is 18.8 Å². The molecule has 8 nitrogen and oxygen atoms in total. The van der Waals surface area contributed by atoms with Gasteiger partial charge in [0.25, 0.3) is 5.56 Å². The summed E-state index contributed by atoms with van der Waals surface area (Å²) in [5.41, 5.74) is 0.174. The van der Waals surface area contributed by atoms with Gasteiger partial charge >= 0.3 is 5.69 Å². The third-order valence-electron chi connectivity index (χ3n) is 4.86. The van der Waals surface area contributed by atoms with E-state index in [-0.39, 0.29) is 17.3 Å². The van der Waals surface area contributed by atoms with Crippen LogP contribution in [0.15, 0.2) is 22.0 Å². The molecule has 25 heavy (non-hydrogen) atoms. The van der Waals surface area contributed by atoms with E-state index in [2.05, 4.69) is 33.5 Å². The summed E-state index contributed by atoms with van der Waals surface area (Å²) >= 11 is 0. The molecule has 1 unspecified atom stereocenters. The van der Waals surface area contributed by atoms with E-state index in [9.17, 15) is 9.59 Å². The fourth-order valence-corrected chi connectivity index (χ4v) is 3.50. The molecule has 3 rings (SSSR count). The van der Waals surface area contributed by atoms with Gasteiger partial charge in [0, 0.05) is 38.9 Å². The summed E-state index contributed by atoms with van der Waals surface area (Å²) in [6.45, 7) is 6.71. The van der Waals surface area contributed by atoms with Crippen LogP contribution in [0.3, 0.4) is 0 Å². The molecule has 1 fully saturated rings. The molecule has 136 valence electrons. The van der Waals surface area contributed by atoms with Crippen LogP contribution in [0, 0.1) is 5.92 Å². The molecule has 0 aromatic carbocycles. The first-order chi connectivity index (χ1) is 11.9. The summed E-state index contributed by atoms with van der Waals surface area (Å²) < 4.78 is 4.80. The Morgan fingerprint density at radius 3 is 2.72 bits per heavy atom. The van der Waals surface area contributed by atoms with E-state index < -0.39 is 0 Å². The Bertz CT molecular complexity index is 863. The summed E-state index contributed by atoms with van der Waals surface area (Å²) in [7, 11) is 3.21. The van der Waals surface area contributed by atoms with Crippen LogP contribution >= 0.6 is 0 Å². The predicted octanol–water partition coefficient (Wildman–Crippen LogP) is 0.669. The van der Waals surface area contributed by atoms with Gasteiger partial charge in [-0.15, -0.1) is 10.2 Å². The highest BCUT2D eigenvalue weighted by atomic mass is 16.2. The highest BCUT2D eigenvalue weighted by Crippen LogP contribution is 2.31. The third kappa shape index (κ3) is 3.44. The van der Waals surface area contributed by atoms with E-state index in [1.165, 1.54) is 7.05 Å². The van der Waals surface area contributed by atoms with Gasteiger partial charge in [-0.1, -0.05) is 13.8 Å². The molecule has 0 saturated carbocycles. The molecule has 2 aromatic rings. The maximum absolute atomic E-state index is 12.2. The zero-order valence-corrected chi connectivity index (χ0v) is 15.3. The smallest absolute Gasteiger partial charge is 0.316 e. The molecule has 8 heteroatoms. The Morgan fingerprint density at radius 2 is 2.00 bits per heavy atom. The molecule has 3 heterocycles. The Balaban J connectivity index is 1.88. The number of hydrogen-bond acceptors (Lipinski definition) is 5. The van der Waals surface area contributed by atoms with Crippen LogP contribution in [-0.2, 0) is 27.2 Å². The Morgan fingerprint density at radius 1 is 1.24 bits per heavy atom. The maximum Gasteiger partial charge on any atom is 0.330 e. The first-order valence-corrected chi connectivity index (χ1v) is 8.76. The molecule has 1 saturated heterocycles. The number of nitrogens with zero attached hydrogens (tertiary/aromatic N) is 6. The topological polar surface area (TPSA) is 78.0 Å². The summed E-state index contributed by atoms with van der Waals surface area (Å²) in [5, 5.41) is 8.45. The van der Waals surface area contributed by atoms with Crippen LogP contribution in [-0.4, -0.2) is 35.3 Å². The fraction of sp³-hybridized carbons (Fsp3) is 0.647. The van der Waals surface area contributed by atoms with Crippen molar-refractivity contribution in [2.24, 2.45) is 20.0 Å². The molecule has 0 N–H and O–H groups in total. The lowest BCUT2D eigenvalue weighted by molar-refractivity contribution is 0.226. The highest BCUT2D eigenvalue weighted by Gasteiger charge is 2.30. The van der Waals surface area contributed by atoms with Gasteiger partial charge in [0.15, 0.2) is 0 Å². The molecule has 1 aliphatic rings. The minimum atomic E-state index is -0.291. The molecule has 0 spiro atoms. The lowest BCUT2D eigenvalue weighted by Gasteiger charge is -2.25. The average molecular weight is 346 g/mol. The zero-order chi connectivity index (χ0) is 18.1. The van der Waals surface area contributed by atoms with Crippen LogP contribution in [0.25, 0.3) is 0 Å². The van der Waals surface area contributed by atoms with Crippen molar-refractivity contribution >= 4 is 0 Å². The molecule has 0 radical (unpaired) electrons. The van der Waals surface area contributed by atoms with Crippen molar-refractivity contribution in [3.63, 3.8) is 0 Å². The van der Waals surface area contributed by atoms with E-state index >= 15 is 0 Å². The monoisotopic (exact) mass is 346 g/mol. The Hall–Kier alpha value is -2.22. The second-order valence-electron chi connectivity index (χ2n) is 7.24. The standard InChI is InChI=1S/C17H26N6O2/c1-12(2)9-23-11-18-19-16(23)14-6-5-7-22(14)10-13-8-15(24)21(4)17(25)20(13)3/h8,11-12,14H,5-7,9-10H2,1-4H3. The molecule has 0 amide bonds. The second-order valence-corrected chi connectivity index (χ2v) is 7.24. The van der Waals surface area contributed by atoms with Crippen LogP contribution in [0.1, 0.15) is 44.2 Å². The number of aromatic nitrogens is 5. The van der Waals surface area contributed by atoms with E-state index in [0.717, 1.165) is 42.0 Å². The van der Waals surface area contributed by atoms with Gasteiger partial charge in [-0.25, -0.2) is 4.79 Å². The Labute approximate surface area is 146 Å². The van der Waals surface area contributed by atoms with Gasteiger partial charge in [0.05, 0.1) is 6.04 Å². The van der Waals surface area contributed by atoms with Crippen LogP contribution < -0.4 is 11.2 Å². The van der Waals surface area contributed by atoms with Crippen molar-refractivity contribution in [2.75, 3.05) is 6.54 Å². The molecule has 0 bridgehead atoms. The first-order valence-electron chi connectivity index (χ1n) is 8.76. The van der Waals surface area contributed by atoms with Crippen molar-refractivity contribution in [3.8, 4) is 0 Å². The molecule has 1 aliphatic heterocycles. The summed E-state index contributed by atoms with van der Waals surface area (Å²) in [5.74, 6) is 1.49. The SMILES string of the molecule is CC(C)Cn1cnnc1C1CCCN1Cc1cc(=O)n(C)c(=O)n1C. The first kappa shape index (κ1) is 17.6. The number of likely N-dealkylation sites (tertiary alicyclic amines) is 1. The normalized spacial score (nSPS) is 18.4. The van der Waals surface area contributed by atoms with Crippen LogP contribution in [0.4, 0.5) is 0 Å². The molecule has 2 aromatic heterocycles. The largest absolute Gasteiger partial charge is 0.330 e. The van der Waals surface area contributed by atoms with Crippen LogP contribution in [0.5, 0.6) is 0 Å². The Kier molecular flexibility index (Phi) is 4.89. The van der Waals surface area contributed by atoms with Gasteiger partial charge in [0.2, 0.25) is 0 Å². The lowest BCUT2D eigenvalue weighted by atomic mass is 10.1. The zero-order valence-electron chi connectivity index (χ0n) is 15.3. The second kappa shape index (κ2) is 6.95. The van der Waals surface area contributed by atoms with Gasteiger partial charge in [-0.05, 0) is 25.3 Å². The average Bonchev–Trinajstić information content (AvgIpc) is 3.18. The number of rotatable bonds is 5. The maximum atomic E-state index is 12.2. The highest BCUT2D eigenvalue weighted by molar-refractivity contribution is 5.06. The van der Waals surface area contributed by atoms with Gasteiger partial charge in [0.1, 0.15) is 12.2 Å². The molecule has 1 atom stereocenters. The summed E-state index contributed by atoms with van der Waals surface area (Å²) in [6, 6.07) is 1.72. The minimum Gasteiger partial charge on any atom is -0.316 e. The number of hydrogen-bond donors (Lipinski definition) is 0. The predicted molar refractivity (Wildman–Crippen MR) is 94.2 cm³/mol. The van der Waals surface area contributed by atoms with Crippen molar-refractivity contribution < 1.29 is 0 Å². The van der Waals surface area contributed by atoms with Gasteiger partial charge < -0.3 is 4.57 Å². The van der Waals surface area contributed by atoms with E-state index in [0.29, 0.717) is 12.5 Å². The van der Waals surface area contributed by atoms with Gasteiger partial charge in [-0.2, -0.15) is 0 Å². The fourth-order valence-electron chi connectivity index (χ4n) is 3.50. The summed E-state index contributed by atoms with van der Waals surface area (Å²) in [6.07, 6.45) is 3.87. The van der Waals surface area contributed by atoms with Crippen LogP contribution in [0.2, 0.25) is 0 Å². The van der Waals surface area contributed by atoms with E-state index in [1.54, 1.807) is 24.0 Å². The molecular weight excluding hydrogens is 320 g/mol. The quantitative estimate of drug-likeness (QED) is 0.795. The van der Waals surface area contributed by atoms with Crippen molar-refractivity contribution in [1.82, 2.24) is 28.8 Å². The van der Waals surface area contributed by atoms with Crippen molar-refractivity contribution in [2.45, 2.75) is 45.8 Å². The van der Waals surface area contributed by atoms with E-state index in [1.807, 2.05) is 0 Å². The minimum absolute atomic E-state index is 0.167.